The van der Waals surface area contributed by atoms with E-state index in [0.717, 1.165) is 25.9 Å². The molecule has 1 aromatic rings. The van der Waals surface area contributed by atoms with Crippen molar-refractivity contribution in [2.24, 2.45) is 0 Å². The van der Waals surface area contributed by atoms with Gasteiger partial charge in [0.05, 0.1) is 25.0 Å². The zero-order valence-electron chi connectivity index (χ0n) is 11.0. The molecule has 1 aliphatic heterocycles. The molecule has 0 radical (unpaired) electrons. The number of nitrogens with zero attached hydrogens (tertiary/aromatic N) is 1. The topological polar surface area (TPSA) is 58.7 Å². The van der Waals surface area contributed by atoms with Gasteiger partial charge in [-0.05, 0) is 18.9 Å². The summed E-state index contributed by atoms with van der Waals surface area (Å²) < 4.78 is 19.3. The van der Waals surface area contributed by atoms with Crippen LogP contribution in [0.1, 0.15) is 18.4 Å². The third-order valence-corrected chi connectivity index (χ3v) is 3.48. The van der Waals surface area contributed by atoms with Crippen molar-refractivity contribution in [3.63, 3.8) is 0 Å². The summed E-state index contributed by atoms with van der Waals surface area (Å²) in [6.07, 6.45) is 2.06. The number of benzene rings is 1. The van der Waals surface area contributed by atoms with Crippen LogP contribution in [-0.4, -0.2) is 42.4 Å². The lowest BCUT2D eigenvalue weighted by Crippen LogP contribution is -2.37. The van der Waals surface area contributed by atoms with Gasteiger partial charge in [0.15, 0.2) is 5.82 Å². The van der Waals surface area contributed by atoms with E-state index >= 15 is 0 Å². The first-order valence-corrected chi connectivity index (χ1v) is 6.68. The van der Waals surface area contributed by atoms with Gasteiger partial charge in [-0.15, -0.1) is 0 Å². The first-order valence-electron chi connectivity index (χ1n) is 6.68. The zero-order chi connectivity index (χ0) is 13.7. The standard InChI is InChI=1S/C14H21FN2O2/c15-14-11(2-1-3-13(14)16)10-17-6-4-12(5-7-17)19-9-8-18/h1-3,12,18H,4-10,16H2. The van der Waals surface area contributed by atoms with Gasteiger partial charge >= 0.3 is 0 Å². The Hall–Kier alpha value is -1.17. The molecule has 0 unspecified atom stereocenters. The van der Waals surface area contributed by atoms with E-state index in [2.05, 4.69) is 4.90 Å². The minimum absolute atomic E-state index is 0.0642. The van der Waals surface area contributed by atoms with E-state index in [9.17, 15) is 4.39 Å². The van der Waals surface area contributed by atoms with Gasteiger partial charge < -0.3 is 15.6 Å². The highest BCUT2D eigenvalue weighted by atomic mass is 19.1. The van der Waals surface area contributed by atoms with Crippen molar-refractivity contribution < 1.29 is 14.2 Å². The Balaban J connectivity index is 1.84. The van der Waals surface area contributed by atoms with Gasteiger partial charge in [-0.2, -0.15) is 0 Å². The second kappa shape index (κ2) is 6.84. The fraction of sp³-hybridized carbons (Fsp3) is 0.571. The molecule has 0 bridgehead atoms. The molecule has 106 valence electrons. The predicted molar refractivity (Wildman–Crippen MR) is 72.1 cm³/mol. The Kier molecular flexibility index (Phi) is 5.13. The van der Waals surface area contributed by atoms with Crippen LogP contribution in [0.5, 0.6) is 0 Å². The summed E-state index contributed by atoms with van der Waals surface area (Å²) in [6.45, 7) is 2.81. The van der Waals surface area contributed by atoms with Gasteiger partial charge in [-0.3, -0.25) is 4.90 Å². The van der Waals surface area contributed by atoms with Gasteiger partial charge in [0, 0.05) is 25.2 Å². The van der Waals surface area contributed by atoms with Crippen LogP contribution in [0, 0.1) is 5.82 Å². The Morgan fingerprint density at radius 1 is 1.37 bits per heavy atom. The maximum atomic E-state index is 13.8. The SMILES string of the molecule is Nc1cccc(CN2CCC(OCCO)CC2)c1F. The molecule has 0 aliphatic carbocycles. The first kappa shape index (κ1) is 14.2. The monoisotopic (exact) mass is 268 g/mol. The largest absolute Gasteiger partial charge is 0.396 e. The Bertz CT molecular complexity index is 406. The van der Waals surface area contributed by atoms with Crippen molar-refractivity contribution in [1.82, 2.24) is 4.90 Å². The van der Waals surface area contributed by atoms with Crippen molar-refractivity contribution in [2.75, 3.05) is 32.0 Å². The number of nitrogens with two attached hydrogens (primary N) is 1. The van der Waals surface area contributed by atoms with E-state index in [1.165, 1.54) is 0 Å². The highest BCUT2D eigenvalue weighted by Gasteiger charge is 2.20. The second-order valence-corrected chi connectivity index (χ2v) is 4.89. The molecule has 0 spiro atoms. The molecule has 4 nitrogen and oxygen atoms in total. The summed E-state index contributed by atoms with van der Waals surface area (Å²) in [5, 5.41) is 8.71. The molecule has 1 fully saturated rings. The van der Waals surface area contributed by atoms with Gasteiger partial charge in [-0.1, -0.05) is 12.1 Å². The van der Waals surface area contributed by atoms with E-state index in [-0.39, 0.29) is 24.2 Å². The van der Waals surface area contributed by atoms with Crippen LogP contribution in [0.3, 0.4) is 0 Å². The van der Waals surface area contributed by atoms with Gasteiger partial charge in [0.25, 0.3) is 0 Å². The summed E-state index contributed by atoms with van der Waals surface area (Å²) in [4.78, 5) is 2.21. The van der Waals surface area contributed by atoms with Crippen molar-refractivity contribution in [1.29, 1.82) is 0 Å². The molecule has 5 heteroatoms. The van der Waals surface area contributed by atoms with Crippen LogP contribution in [0.4, 0.5) is 10.1 Å². The van der Waals surface area contributed by atoms with Crippen molar-refractivity contribution >= 4 is 5.69 Å². The second-order valence-electron chi connectivity index (χ2n) is 4.89. The van der Waals surface area contributed by atoms with E-state index in [1.54, 1.807) is 18.2 Å². The first-order chi connectivity index (χ1) is 9.20. The fourth-order valence-electron chi connectivity index (χ4n) is 2.42. The number of piperidine rings is 1. The third-order valence-electron chi connectivity index (χ3n) is 3.48. The minimum Gasteiger partial charge on any atom is -0.396 e. The number of halogens is 1. The van der Waals surface area contributed by atoms with E-state index in [1.807, 2.05) is 0 Å². The molecule has 1 saturated heterocycles. The van der Waals surface area contributed by atoms with Crippen LogP contribution in [-0.2, 0) is 11.3 Å². The number of anilines is 1. The number of aliphatic hydroxyl groups is 1. The molecular formula is C14H21FN2O2. The van der Waals surface area contributed by atoms with Crippen molar-refractivity contribution in [3.05, 3.63) is 29.6 Å². The smallest absolute Gasteiger partial charge is 0.150 e. The quantitative estimate of drug-likeness (QED) is 0.792. The van der Waals surface area contributed by atoms with Crippen LogP contribution in [0.25, 0.3) is 0 Å². The average molecular weight is 268 g/mol. The molecule has 2 rings (SSSR count). The number of ether oxygens (including phenoxy) is 1. The summed E-state index contributed by atoms with van der Waals surface area (Å²) in [5.74, 6) is -0.304. The number of hydrogen-bond acceptors (Lipinski definition) is 4. The molecule has 0 atom stereocenters. The molecular weight excluding hydrogens is 247 g/mol. The lowest BCUT2D eigenvalue weighted by Gasteiger charge is -2.31. The number of likely N-dealkylation sites (tertiary alicyclic amines) is 1. The van der Waals surface area contributed by atoms with Crippen molar-refractivity contribution in [3.8, 4) is 0 Å². The van der Waals surface area contributed by atoms with Crippen molar-refractivity contribution in [2.45, 2.75) is 25.5 Å². The minimum atomic E-state index is -0.304. The number of aliphatic hydroxyl groups excluding tert-OH is 1. The highest BCUT2D eigenvalue weighted by molar-refractivity contribution is 5.42. The van der Waals surface area contributed by atoms with Crippen LogP contribution >= 0.6 is 0 Å². The lowest BCUT2D eigenvalue weighted by atomic mass is 10.1. The molecule has 0 aromatic heterocycles. The Labute approximate surface area is 113 Å². The van der Waals surface area contributed by atoms with E-state index < -0.39 is 0 Å². The number of hydrogen-bond donors (Lipinski definition) is 2. The van der Waals surface area contributed by atoms with Crippen LogP contribution < -0.4 is 5.73 Å². The summed E-state index contributed by atoms with van der Waals surface area (Å²) >= 11 is 0. The van der Waals surface area contributed by atoms with E-state index in [0.29, 0.717) is 18.7 Å². The molecule has 19 heavy (non-hydrogen) atoms. The maximum Gasteiger partial charge on any atom is 0.150 e. The summed E-state index contributed by atoms with van der Waals surface area (Å²) in [5.41, 5.74) is 6.42. The predicted octanol–water partition coefficient (Wildman–Crippen LogP) is 1.38. The molecule has 1 aromatic carbocycles. The molecule has 1 heterocycles. The molecule has 3 N–H and O–H groups in total. The molecule has 1 aliphatic rings. The Morgan fingerprint density at radius 2 is 2.11 bits per heavy atom. The van der Waals surface area contributed by atoms with E-state index in [4.69, 9.17) is 15.6 Å². The lowest BCUT2D eigenvalue weighted by molar-refractivity contribution is -0.00914. The fourth-order valence-corrected chi connectivity index (χ4v) is 2.42. The Morgan fingerprint density at radius 3 is 2.79 bits per heavy atom. The van der Waals surface area contributed by atoms with Crippen LogP contribution in [0.2, 0.25) is 0 Å². The van der Waals surface area contributed by atoms with Crippen LogP contribution in [0.15, 0.2) is 18.2 Å². The molecule has 0 amide bonds. The average Bonchev–Trinajstić information content (AvgIpc) is 2.43. The van der Waals surface area contributed by atoms with Gasteiger partial charge in [0.2, 0.25) is 0 Å². The zero-order valence-corrected chi connectivity index (χ0v) is 11.0. The maximum absolute atomic E-state index is 13.8. The third kappa shape index (κ3) is 3.89. The number of nitrogen functional groups attached to an aromatic ring is 1. The number of rotatable bonds is 5. The normalized spacial score (nSPS) is 17.8. The van der Waals surface area contributed by atoms with Gasteiger partial charge in [-0.25, -0.2) is 4.39 Å². The van der Waals surface area contributed by atoms with Gasteiger partial charge in [0.1, 0.15) is 0 Å². The molecule has 0 saturated carbocycles. The summed E-state index contributed by atoms with van der Waals surface area (Å²) in [6, 6.07) is 5.14. The summed E-state index contributed by atoms with van der Waals surface area (Å²) in [7, 11) is 0. The highest BCUT2D eigenvalue weighted by Crippen LogP contribution is 2.20.